The Bertz CT molecular complexity index is 2030. The fourth-order valence-corrected chi connectivity index (χ4v) is 17.9. The molecule has 4 aromatic rings. The van der Waals surface area contributed by atoms with Crippen LogP contribution in [0, 0.1) is 17.6 Å². The van der Waals surface area contributed by atoms with E-state index in [1.165, 1.54) is 65.5 Å². The van der Waals surface area contributed by atoms with E-state index < -0.39 is 21.3 Å². The second-order valence-electron chi connectivity index (χ2n) is 14.7. The van der Waals surface area contributed by atoms with E-state index >= 15 is 8.78 Å². The molecule has 242 valence electrons. The van der Waals surface area contributed by atoms with Crippen molar-refractivity contribution in [2.24, 2.45) is 5.92 Å². The summed E-state index contributed by atoms with van der Waals surface area (Å²) >= 11 is -3.20. The van der Waals surface area contributed by atoms with Crippen LogP contribution in [0.5, 0.6) is 0 Å². The van der Waals surface area contributed by atoms with Gasteiger partial charge in [0.05, 0.1) is 0 Å². The van der Waals surface area contributed by atoms with Gasteiger partial charge in [0, 0.05) is 0 Å². The number of allylic oxidation sites excluding steroid dienone is 6. The Morgan fingerprint density at radius 3 is 1.58 bits per heavy atom. The van der Waals surface area contributed by atoms with Gasteiger partial charge < -0.3 is 24.8 Å². The molecule has 5 heteroatoms. The second-order valence-corrected chi connectivity index (χ2v) is 20.8. The van der Waals surface area contributed by atoms with Crippen molar-refractivity contribution in [1.29, 1.82) is 0 Å². The summed E-state index contributed by atoms with van der Waals surface area (Å²) < 4.78 is 33.0. The summed E-state index contributed by atoms with van der Waals surface area (Å²) in [7, 11) is 0. The van der Waals surface area contributed by atoms with Crippen molar-refractivity contribution in [3.63, 3.8) is 0 Å². The Morgan fingerprint density at radius 2 is 1.17 bits per heavy atom. The van der Waals surface area contributed by atoms with Gasteiger partial charge in [-0.15, -0.1) is 0 Å². The van der Waals surface area contributed by atoms with E-state index in [2.05, 4.69) is 102 Å². The minimum atomic E-state index is -3.20. The summed E-state index contributed by atoms with van der Waals surface area (Å²) in [5.41, 5.74) is 13.6. The summed E-state index contributed by atoms with van der Waals surface area (Å²) in [4.78, 5) is 0. The molecular formula is C43H38Cl2F2Zr. The molecule has 0 saturated heterocycles. The van der Waals surface area contributed by atoms with E-state index in [0.29, 0.717) is 0 Å². The summed E-state index contributed by atoms with van der Waals surface area (Å²) in [6, 6.07) is 23.9. The van der Waals surface area contributed by atoms with Gasteiger partial charge in [-0.2, -0.15) is 0 Å². The first-order valence-corrected chi connectivity index (χ1v) is 20.2. The molecule has 0 heterocycles. The molecule has 0 aromatic heterocycles. The molecule has 0 nitrogen and oxygen atoms in total. The van der Waals surface area contributed by atoms with Crippen molar-refractivity contribution in [3.8, 4) is 11.1 Å². The minimum Gasteiger partial charge on any atom is -1.00 e. The molecule has 0 saturated carbocycles. The monoisotopic (exact) mass is 752 g/mol. The van der Waals surface area contributed by atoms with Gasteiger partial charge in [0.2, 0.25) is 0 Å². The molecule has 0 amide bonds. The fraction of sp³-hybridized carbons (Fsp3) is 0.233. The summed E-state index contributed by atoms with van der Waals surface area (Å²) in [6.07, 6.45) is 14.0. The largest absolute Gasteiger partial charge is 1.00 e. The van der Waals surface area contributed by atoms with Gasteiger partial charge in [0.15, 0.2) is 0 Å². The summed E-state index contributed by atoms with van der Waals surface area (Å²) in [5, 5.41) is 0. The molecule has 4 aromatic carbocycles. The third kappa shape index (κ3) is 5.55. The SMILES string of the molecule is CC1=CC(C)[C]([Zr+2](=[C](c2cccc(F)c2)c2cccc(F)c2)[CH]2c3cc4c(cc3-c3cc5c(cc32)C(C)(C)C=C5)C=CC4(C)C)=C1.[Cl-].[Cl-]. The topological polar surface area (TPSA) is 0 Å². The Labute approximate surface area is 303 Å². The second kappa shape index (κ2) is 12.4. The molecule has 0 spiro atoms. The molecular weight excluding hydrogens is 717 g/mol. The van der Waals surface area contributed by atoms with Crippen LogP contribution in [0.25, 0.3) is 23.3 Å². The first-order chi connectivity index (χ1) is 21.9. The van der Waals surface area contributed by atoms with Crippen LogP contribution < -0.4 is 24.8 Å². The van der Waals surface area contributed by atoms with Crippen molar-refractivity contribution in [3.05, 3.63) is 162 Å². The van der Waals surface area contributed by atoms with Gasteiger partial charge in [-0.3, -0.25) is 0 Å². The van der Waals surface area contributed by atoms with Crippen LogP contribution in [-0.4, -0.2) is 3.21 Å². The van der Waals surface area contributed by atoms with Crippen molar-refractivity contribution in [2.45, 2.75) is 56.0 Å². The standard InChI is InChI=1S/C23H21.C13H8F2.C7H9.2ClH.Zr/c1-22(2)7-5-14-10-18-16(12-20(14)22)9-17-13-21-15(11-19(17)18)6-8-23(21,3)4;14-12-5-1-3-10(8-12)7-11-4-2-6-13(15)9-11;1-6-3-4-7(2)5-6;;;/h5-13H,1-4H3;1-6,8-9H;3,5,7H,1-2H3;2*1H;/q;;;;;+2/p-2. The number of hydrogen-bond donors (Lipinski definition) is 0. The molecule has 0 bridgehead atoms. The number of benzene rings is 4. The zero-order valence-electron chi connectivity index (χ0n) is 28.1. The van der Waals surface area contributed by atoms with Gasteiger partial charge in [-0.05, 0) is 0 Å². The predicted octanol–water partition coefficient (Wildman–Crippen LogP) is 5.02. The van der Waals surface area contributed by atoms with Crippen LogP contribution in [0.4, 0.5) is 8.78 Å². The summed E-state index contributed by atoms with van der Waals surface area (Å²) in [5.74, 6) is -0.264. The Balaban J connectivity index is 0.00000201. The van der Waals surface area contributed by atoms with Gasteiger partial charge in [-0.1, -0.05) is 0 Å². The first kappa shape index (κ1) is 34.9. The van der Waals surface area contributed by atoms with Crippen LogP contribution in [0.3, 0.4) is 0 Å². The van der Waals surface area contributed by atoms with E-state index in [4.69, 9.17) is 0 Å². The van der Waals surface area contributed by atoms with Crippen LogP contribution in [-0.2, 0) is 32.1 Å². The van der Waals surface area contributed by atoms with Gasteiger partial charge in [-0.25, -0.2) is 0 Å². The van der Waals surface area contributed by atoms with Gasteiger partial charge >= 0.3 is 281 Å². The number of halogens is 4. The zero-order chi connectivity index (χ0) is 32.1. The molecule has 0 N–H and O–H groups in total. The average Bonchev–Trinajstić information content (AvgIpc) is 3.70. The quantitative estimate of drug-likeness (QED) is 0.275. The molecule has 0 fully saturated rings. The van der Waals surface area contributed by atoms with Crippen molar-refractivity contribution >= 4 is 15.4 Å². The van der Waals surface area contributed by atoms with Gasteiger partial charge in [0.25, 0.3) is 0 Å². The molecule has 1 atom stereocenters. The van der Waals surface area contributed by atoms with Gasteiger partial charge in [0.1, 0.15) is 0 Å². The molecule has 48 heavy (non-hydrogen) atoms. The van der Waals surface area contributed by atoms with E-state index in [1.807, 2.05) is 12.1 Å². The van der Waals surface area contributed by atoms with E-state index in [9.17, 15) is 0 Å². The average molecular weight is 755 g/mol. The van der Waals surface area contributed by atoms with E-state index in [0.717, 1.165) is 14.3 Å². The Morgan fingerprint density at radius 1 is 0.688 bits per heavy atom. The maximum Gasteiger partial charge on any atom is -1.00 e. The summed E-state index contributed by atoms with van der Waals surface area (Å²) in [6.45, 7) is 13.7. The maximum atomic E-state index is 15.1. The molecule has 1 unspecified atom stereocenters. The Kier molecular flexibility index (Phi) is 9.02. The third-order valence-electron chi connectivity index (χ3n) is 10.6. The molecule has 4 aliphatic carbocycles. The predicted molar refractivity (Wildman–Crippen MR) is 185 cm³/mol. The zero-order valence-corrected chi connectivity index (χ0v) is 32.0. The van der Waals surface area contributed by atoms with Crippen LogP contribution >= 0.6 is 0 Å². The van der Waals surface area contributed by atoms with Crippen LogP contribution in [0.2, 0.25) is 0 Å². The third-order valence-corrected chi connectivity index (χ3v) is 19.3. The Hall–Kier alpha value is -2.97. The van der Waals surface area contributed by atoms with Crippen molar-refractivity contribution < 1.29 is 54.9 Å². The first-order valence-electron chi connectivity index (χ1n) is 16.3. The normalized spacial score (nSPS) is 18.4. The fourth-order valence-electron chi connectivity index (χ4n) is 8.31. The molecule has 0 radical (unpaired) electrons. The van der Waals surface area contributed by atoms with Crippen LogP contribution in [0.1, 0.15) is 89.7 Å². The minimum absolute atomic E-state index is 0. The van der Waals surface area contributed by atoms with E-state index in [1.54, 1.807) is 24.3 Å². The number of rotatable bonds is 4. The molecule has 4 aliphatic rings. The smallest absolute Gasteiger partial charge is 1.00 e. The van der Waals surface area contributed by atoms with Crippen molar-refractivity contribution in [1.82, 2.24) is 0 Å². The van der Waals surface area contributed by atoms with Crippen molar-refractivity contribution in [2.75, 3.05) is 0 Å². The van der Waals surface area contributed by atoms with Crippen LogP contribution in [0.15, 0.2) is 106 Å². The number of hydrogen-bond acceptors (Lipinski definition) is 0. The van der Waals surface area contributed by atoms with E-state index in [-0.39, 0.29) is 56.8 Å². The molecule has 8 rings (SSSR count). The molecule has 0 aliphatic heterocycles. The number of fused-ring (bicyclic) bond motifs is 5. The maximum absolute atomic E-state index is 15.1.